The average Bonchev–Trinajstić information content (AvgIpc) is 3.06. The number of nitrogens with zero attached hydrogens (tertiary/aromatic N) is 1. The number of hydrogen-bond acceptors (Lipinski definition) is 3. The molecule has 1 heterocycles. The van der Waals surface area contributed by atoms with Gasteiger partial charge in [0.2, 0.25) is 0 Å². The Hall–Kier alpha value is -2.85. The van der Waals surface area contributed by atoms with Crippen molar-refractivity contribution in [3.63, 3.8) is 0 Å². The third kappa shape index (κ3) is 8.49. The van der Waals surface area contributed by atoms with Crippen molar-refractivity contribution < 1.29 is 9.53 Å². The van der Waals surface area contributed by atoms with Crippen molar-refractivity contribution in [1.82, 2.24) is 10.2 Å². The molecule has 1 atom stereocenters. The number of amides is 1. The van der Waals surface area contributed by atoms with Crippen LogP contribution in [0.25, 0.3) is 0 Å². The summed E-state index contributed by atoms with van der Waals surface area (Å²) in [6.45, 7) is 14.0. The molecule has 0 aromatic heterocycles. The summed E-state index contributed by atoms with van der Waals surface area (Å²) in [5.74, 6) is 0.462. The van der Waals surface area contributed by atoms with Crippen LogP contribution in [0.2, 0.25) is 0 Å². The highest BCUT2D eigenvalue weighted by molar-refractivity contribution is 5.96. The van der Waals surface area contributed by atoms with Crippen LogP contribution in [0.5, 0.6) is 5.75 Å². The monoisotopic (exact) mass is 462 g/mol. The van der Waals surface area contributed by atoms with E-state index in [1.165, 1.54) is 49.9 Å². The van der Waals surface area contributed by atoms with Crippen molar-refractivity contribution in [3.8, 4) is 5.75 Å². The van der Waals surface area contributed by atoms with Gasteiger partial charge in [-0.15, -0.1) is 6.58 Å². The molecule has 4 heteroatoms. The first-order chi connectivity index (χ1) is 16.4. The number of para-hydroxylation sites is 1. The summed E-state index contributed by atoms with van der Waals surface area (Å²) in [6.07, 6.45) is 9.25. The molecule has 0 spiro atoms. The Kier molecular flexibility index (Phi) is 11.6. The van der Waals surface area contributed by atoms with Gasteiger partial charge in [0.25, 0.3) is 5.91 Å². The van der Waals surface area contributed by atoms with Gasteiger partial charge in [0.15, 0.2) is 0 Å². The van der Waals surface area contributed by atoms with Crippen LogP contribution < -0.4 is 10.1 Å². The van der Waals surface area contributed by atoms with Gasteiger partial charge < -0.3 is 10.1 Å². The van der Waals surface area contributed by atoms with Crippen LogP contribution in [0.1, 0.15) is 61.4 Å². The predicted octanol–water partition coefficient (Wildman–Crippen LogP) is 6.40. The highest BCUT2D eigenvalue weighted by Crippen LogP contribution is 2.35. The molecule has 0 aliphatic carbocycles. The number of hydrogen-bond donors (Lipinski definition) is 1. The van der Waals surface area contributed by atoms with E-state index in [-0.39, 0.29) is 5.91 Å². The summed E-state index contributed by atoms with van der Waals surface area (Å²) in [6, 6.07) is 18.1. The first kappa shape index (κ1) is 27.4. The van der Waals surface area contributed by atoms with Gasteiger partial charge in [-0.2, -0.15) is 0 Å². The number of carbonyl (C=O) groups excluding carboxylic acids is 1. The van der Waals surface area contributed by atoms with E-state index in [1.807, 2.05) is 12.1 Å². The molecule has 4 nitrogen and oxygen atoms in total. The Morgan fingerprint density at radius 2 is 1.82 bits per heavy atom. The number of unbranched alkanes of at least 4 members (excludes halogenated alkanes) is 1. The van der Waals surface area contributed by atoms with Crippen LogP contribution in [0, 0.1) is 0 Å². The number of methoxy groups -OCH3 is 1. The number of nitrogens with one attached hydrogen (secondary N) is 1. The maximum absolute atomic E-state index is 11.2. The Labute approximate surface area is 206 Å². The first-order valence-corrected chi connectivity index (χ1v) is 12.3. The molecule has 34 heavy (non-hydrogen) atoms. The molecule has 0 radical (unpaired) electrons. The van der Waals surface area contributed by atoms with Gasteiger partial charge in [-0.05, 0) is 74.7 Å². The van der Waals surface area contributed by atoms with Crippen LogP contribution in [0.15, 0.2) is 79.4 Å². The quantitative estimate of drug-likeness (QED) is 0.346. The lowest BCUT2D eigenvalue weighted by molar-refractivity contribution is 0.0960. The molecule has 3 rings (SSSR count). The molecule has 2 aromatic rings. The number of benzene rings is 2. The molecule has 1 aliphatic rings. The minimum Gasteiger partial charge on any atom is -0.496 e. The first-order valence-electron chi connectivity index (χ1n) is 12.3. The fraction of sp³-hybridized carbons (Fsp3) is 0.433. The highest BCUT2D eigenvalue weighted by Gasteiger charge is 2.29. The number of carbonyl (C=O) groups is 1. The van der Waals surface area contributed by atoms with E-state index < -0.39 is 0 Å². The molecule has 1 aliphatic heterocycles. The molecule has 1 N–H and O–H groups in total. The van der Waals surface area contributed by atoms with E-state index >= 15 is 0 Å². The molecule has 2 aromatic carbocycles. The summed E-state index contributed by atoms with van der Waals surface area (Å²) in [7, 11) is 3.14. The van der Waals surface area contributed by atoms with Crippen LogP contribution in [0.4, 0.5) is 0 Å². The normalized spacial score (nSPS) is 18.1. The zero-order valence-corrected chi connectivity index (χ0v) is 21.3. The maximum atomic E-state index is 11.2. The Bertz CT molecular complexity index is 909. The molecule has 1 saturated heterocycles. The zero-order valence-electron chi connectivity index (χ0n) is 21.3. The average molecular weight is 463 g/mol. The number of allylic oxidation sites excluding steroid dienone is 1. The van der Waals surface area contributed by atoms with E-state index in [1.54, 1.807) is 32.4 Å². The van der Waals surface area contributed by atoms with Gasteiger partial charge in [0, 0.05) is 13.6 Å². The standard InChI is InChI=1S/C21H31N.C9H11NO2/c1-4-5-7-11-19(2)18-22-16-10-14-21(3,15-17-22)20-12-8-6-9-13-20;1-10-9(11)7-5-3-4-6-8(7)12-2/h4,6,8-9,12-13H,1-2,5,7,10-11,14-18H2,3H3;3-6H,1-2H3,(H,10,11). The second-order valence-electron chi connectivity index (χ2n) is 9.27. The summed E-state index contributed by atoms with van der Waals surface area (Å²) in [4.78, 5) is 13.8. The van der Waals surface area contributed by atoms with Gasteiger partial charge in [-0.1, -0.05) is 67.6 Å². The van der Waals surface area contributed by atoms with E-state index in [4.69, 9.17) is 4.74 Å². The molecule has 0 saturated carbocycles. The Balaban J connectivity index is 0.000000287. The van der Waals surface area contributed by atoms with Crippen molar-refractivity contribution in [1.29, 1.82) is 0 Å². The summed E-state index contributed by atoms with van der Waals surface area (Å²) < 4.78 is 5.01. The predicted molar refractivity (Wildman–Crippen MR) is 144 cm³/mol. The van der Waals surface area contributed by atoms with Crippen molar-refractivity contribution in [3.05, 3.63) is 90.5 Å². The largest absolute Gasteiger partial charge is 0.496 e. The van der Waals surface area contributed by atoms with E-state index in [0.717, 1.165) is 19.4 Å². The van der Waals surface area contributed by atoms with Crippen molar-refractivity contribution in [2.75, 3.05) is 33.8 Å². The fourth-order valence-electron chi connectivity index (χ4n) is 4.48. The van der Waals surface area contributed by atoms with E-state index in [2.05, 4.69) is 60.6 Å². The molecular formula is C30H42N2O2. The van der Waals surface area contributed by atoms with Crippen molar-refractivity contribution >= 4 is 5.91 Å². The summed E-state index contributed by atoms with van der Waals surface area (Å²) in [5.41, 5.74) is 3.77. The van der Waals surface area contributed by atoms with E-state index in [9.17, 15) is 4.79 Å². The Morgan fingerprint density at radius 3 is 2.50 bits per heavy atom. The SMILES string of the molecule is C=CCCCC(=C)CN1CCCC(C)(c2ccccc2)CC1.CNC(=O)c1ccccc1OC. The molecule has 1 unspecified atom stereocenters. The summed E-state index contributed by atoms with van der Waals surface area (Å²) >= 11 is 0. The summed E-state index contributed by atoms with van der Waals surface area (Å²) in [5, 5.41) is 2.54. The van der Waals surface area contributed by atoms with Gasteiger partial charge in [0.1, 0.15) is 5.75 Å². The lowest BCUT2D eigenvalue weighted by Crippen LogP contribution is -2.29. The van der Waals surface area contributed by atoms with Crippen LogP contribution in [-0.2, 0) is 5.41 Å². The van der Waals surface area contributed by atoms with Crippen molar-refractivity contribution in [2.45, 2.75) is 50.9 Å². The van der Waals surface area contributed by atoms with Crippen molar-refractivity contribution in [2.24, 2.45) is 0 Å². The van der Waals surface area contributed by atoms with E-state index in [0.29, 0.717) is 16.7 Å². The fourth-order valence-corrected chi connectivity index (χ4v) is 4.48. The Morgan fingerprint density at radius 1 is 1.12 bits per heavy atom. The highest BCUT2D eigenvalue weighted by atomic mass is 16.5. The third-order valence-corrected chi connectivity index (χ3v) is 6.62. The van der Waals surface area contributed by atoms with Crippen LogP contribution in [-0.4, -0.2) is 44.6 Å². The van der Waals surface area contributed by atoms with Crippen LogP contribution >= 0.6 is 0 Å². The second-order valence-corrected chi connectivity index (χ2v) is 9.27. The lowest BCUT2D eigenvalue weighted by atomic mass is 9.76. The molecule has 1 fully saturated rings. The third-order valence-electron chi connectivity index (χ3n) is 6.62. The van der Waals surface area contributed by atoms with Gasteiger partial charge >= 0.3 is 0 Å². The van der Waals surface area contributed by atoms with Gasteiger partial charge in [-0.25, -0.2) is 0 Å². The topological polar surface area (TPSA) is 41.6 Å². The lowest BCUT2D eigenvalue weighted by Gasteiger charge is -2.29. The van der Waals surface area contributed by atoms with Crippen LogP contribution in [0.3, 0.4) is 0 Å². The minimum absolute atomic E-state index is 0.132. The number of ether oxygens (including phenoxy) is 1. The maximum Gasteiger partial charge on any atom is 0.254 e. The number of likely N-dealkylation sites (tertiary alicyclic amines) is 1. The zero-order chi connectivity index (χ0) is 24.8. The number of rotatable bonds is 9. The smallest absolute Gasteiger partial charge is 0.254 e. The second kappa shape index (κ2) is 14.4. The van der Waals surface area contributed by atoms with Gasteiger partial charge in [0.05, 0.1) is 12.7 Å². The molecule has 0 bridgehead atoms. The molecule has 1 amide bonds. The molecule has 184 valence electrons. The minimum atomic E-state index is -0.132. The molecular weight excluding hydrogens is 420 g/mol. The van der Waals surface area contributed by atoms with Gasteiger partial charge in [-0.3, -0.25) is 9.69 Å².